The summed E-state index contributed by atoms with van der Waals surface area (Å²) in [6.07, 6.45) is 58.1. The molecule has 0 saturated heterocycles. The summed E-state index contributed by atoms with van der Waals surface area (Å²) in [7, 11) is 0. The molecule has 0 aromatic rings. The molecule has 60 heavy (non-hydrogen) atoms. The highest BCUT2D eigenvalue weighted by atomic mass is 16.3. The van der Waals surface area contributed by atoms with E-state index in [1.807, 2.05) is 0 Å². The van der Waals surface area contributed by atoms with Crippen molar-refractivity contribution in [1.29, 1.82) is 0 Å². The number of hydrogen-bond acceptors (Lipinski definition) is 5. The summed E-state index contributed by atoms with van der Waals surface area (Å²) in [5.74, 6) is -0.593. The Hall–Kier alpha value is -1.21. The zero-order chi connectivity index (χ0) is 43.8. The van der Waals surface area contributed by atoms with Crippen molar-refractivity contribution < 1.29 is 25.2 Å². The molecule has 0 aliphatic heterocycles. The molecule has 6 nitrogen and oxygen atoms in total. The van der Waals surface area contributed by atoms with E-state index in [-0.39, 0.29) is 0 Å². The van der Waals surface area contributed by atoms with Crippen molar-refractivity contribution in [1.82, 2.24) is 5.32 Å². The Kier molecular flexibility index (Phi) is 47.8. The minimum absolute atomic E-state index is 0.364. The summed E-state index contributed by atoms with van der Waals surface area (Å²) >= 11 is 0. The lowest BCUT2D eigenvalue weighted by Crippen LogP contribution is -2.53. The number of carbonyl (C=O) groups excluding carboxylic acids is 1. The molecule has 0 saturated carbocycles. The third kappa shape index (κ3) is 42.1. The highest BCUT2D eigenvalue weighted by Crippen LogP contribution is 2.17. The van der Waals surface area contributed by atoms with Gasteiger partial charge in [0, 0.05) is 0 Å². The number of aliphatic hydroxyl groups is 4. The van der Waals surface area contributed by atoms with Crippen molar-refractivity contribution >= 4 is 5.91 Å². The van der Waals surface area contributed by atoms with E-state index in [4.69, 9.17) is 0 Å². The topological polar surface area (TPSA) is 110 Å². The predicted octanol–water partition coefficient (Wildman–Crippen LogP) is 15.1. The number of nitrogens with one attached hydrogen (secondary N) is 1. The van der Waals surface area contributed by atoms with Gasteiger partial charge in [0.15, 0.2) is 0 Å². The molecule has 4 atom stereocenters. The van der Waals surface area contributed by atoms with Crippen LogP contribution in [0.2, 0.25) is 0 Å². The molecule has 4 unspecified atom stereocenters. The number of unbranched alkanes of at least 4 members (excludes halogenated alkanes) is 36. The smallest absolute Gasteiger partial charge is 0.249 e. The summed E-state index contributed by atoms with van der Waals surface area (Å²) in [6, 6.07) is -1.01. The van der Waals surface area contributed by atoms with Gasteiger partial charge in [0.2, 0.25) is 5.91 Å². The van der Waals surface area contributed by atoms with Crippen LogP contribution >= 0.6 is 0 Å². The van der Waals surface area contributed by atoms with Crippen molar-refractivity contribution in [3.05, 3.63) is 24.3 Å². The largest absolute Gasteiger partial charge is 0.394 e. The minimum Gasteiger partial charge on any atom is -0.394 e. The summed E-state index contributed by atoms with van der Waals surface area (Å²) < 4.78 is 0. The Morgan fingerprint density at radius 2 is 0.700 bits per heavy atom. The molecule has 0 aromatic carbocycles. The van der Waals surface area contributed by atoms with Gasteiger partial charge in [-0.15, -0.1) is 0 Å². The Balaban J connectivity index is 3.69. The van der Waals surface area contributed by atoms with Crippen molar-refractivity contribution in [3.63, 3.8) is 0 Å². The van der Waals surface area contributed by atoms with Crippen LogP contribution in [-0.2, 0) is 4.79 Å². The number of amides is 1. The molecule has 0 spiro atoms. The molecule has 6 heteroatoms. The molecule has 0 rings (SSSR count). The molecule has 5 N–H and O–H groups in total. The van der Waals surface area contributed by atoms with Crippen molar-refractivity contribution in [2.24, 2.45) is 0 Å². The lowest BCUT2D eigenvalue weighted by Gasteiger charge is -2.27. The molecular formula is C54H105NO5. The average molecular weight is 848 g/mol. The predicted molar refractivity (Wildman–Crippen MR) is 261 cm³/mol. The zero-order valence-corrected chi connectivity index (χ0v) is 40.2. The van der Waals surface area contributed by atoms with Crippen LogP contribution in [0.15, 0.2) is 24.3 Å². The van der Waals surface area contributed by atoms with Crippen LogP contribution in [0.25, 0.3) is 0 Å². The van der Waals surface area contributed by atoms with Crippen LogP contribution in [0.3, 0.4) is 0 Å². The normalized spacial score (nSPS) is 14.0. The van der Waals surface area contributed by atoms with E-state index in [0.717, 1.165) is 38.5 Å². The first kappa shape index (κ1) is 58.8. The number of rotatable bonds is 49. The fraction of sp³-hybridized carbons (Fsp3) is 0.907. The van der Waals surface area contributed by atoms with Crippen LogP contribution in [0.5, 0.6) is 0 Å². The van der Waals surface area contributed by atoms with Gasteiger partial charge < -0.3 is 25.7 Å². The first-order chi connectivity index (χ1) is 29.5. The number of allylic oxidation sites excluding steroid dienone is 4. The van der Waals surface area contributed by atoms with Gasteiger partial charge in [-0.3, -0.25) is 4.79 Å². The molecule has 1 amide bonds. The highest BCUT2D eigenvalue weighted by molar-refractivity contribution is 5.80. The molecule has 0 aliphatic rings. The van der Waals surface area contributed by atoms with Crippen LogP contribution in [0.4, 0.5) is 0 Å². The maximum Gasteiger partial charge on any atom is 0.249 e. The molecular weight excluding hydrogens is 743 g/mol. The van der Waals surface area contributed by atoms with Crippen molar-refractivity contribution in [2.45, 2.75) is 308 Å². The zero-order valence-electron chi connectivity index (χ0n) is 40.2. The van der Waals surface area contributed by atoms with E-state index in [2.05, 4.69) is 43.5 Å². The standard InChI is InChI=1S/C54H105NO5/c1-3-5-7-9-11-13-15-17-19-21-23-24-25-26-27-28-30-31-33-35-37-39-41-43-45-47-51(57)53(59)50(49-56)55-54(60)52(58)48-46-44-42-40-38-36-34-32-29-22-20-18-16-14-12-10-8-6-4-2/h31,33,39,41,50-53,56-59H,3-30,32,34-38,40,42-49H2,1-2H3,(H,55,60)/b33-31+,41-39+. The molecule has 0 bridgehead atoms. The Morgan fingerprint density at radius 3 is 1.05 bits per heavy atom. The maximum absolute atomic E-state index is 12.6. The quantitative estimate of drug-likeness (QED) is 0.0309. The highest BCUT2D eigenvalue weighted by Gasteiger charge is 2.28. The van der Waals surface area contributed by atoms with Crippen LogP contribution < -0.4 is 5.32 Å². The van der Waals surface area contributed by atoms with Gasteiger partial charge in [-0.1, -0.05) is 256 Å². The Morgan fingerprint density at radius 1 is 0.400 bits per heavy atom. The molecule has 0 aliphatic carbocycles. The summed E-state index contributed by atoms with van der Waals surface area (Å²) in [6.45, 7) is 4.07. The first-order valence-electron chi connectivity index (χ1n) is 26.7. The van der Waals surface area contributed by atoms with E-state index in [1.54, 1.807) is 0 Å². The Labute approximate surface area is 374 Å². The van der Waals surface area contributed by atoms with Crippen molar-refractivity contribution in [2.75, 3.05) is 6.61 Å². The Bertz CT molecular complexity index is 909. The van der Waals surface area contributed by atoms with Gasteiger partial charge >= 0.3 is 0 Å². The molecule has 0 heterocycles. The third-order valence-corrected chi connectivity index (χ3v) is 12.6. The summed E-state index contributed by atoms with van der Waals surface area (Å²) in [5.41, 5.74) is 0. The number of aliphatic hydroxyl groups excluding tert-OH is 4. The fourth-order valence-electron chi connectivity index (χ4n) is 8.42. The van der Waals surface area contributed by atoms with Gasteiger partial charge in [0.05, 0.1) is 18.8 Å². The second kappa shape index (κ2) is 48.8. The first-order valence-corrected chi connectivity index (χ1v) is 26.7. The number of carbonyl (C=O) groups is 1. The van der Waals surface area contributed by atoms with E-state index in [9.17, 15) is 25.2 Å². The molecule has 0 radical (unpaired) electrons. The van der Waals surface area contributed by atoms with Crippen molar-refractivity contribution in [3.8, 4) is 0 Å². The lowest BCUT2D eigenvalue weighted by molar-refractivity contribution is -0.132. The molecule has 0 fully saturated rings. The second-order valence-electron chi connectivity index (χ2n) is 18.6. The SMILES string of the molecule is CCCCCCCCCCCCCCCCCC/C=C/CC/C=C/CCCC(O)C(O)C(CO)NC(=O)C(O)CCCCCCCCCCCCCCCCCCCCC. The number of hydrogen-bond donors (Lipinski definition) is 5. The maximum atomic E-state index is 12.6. The van der Waals surface area contributed by atoms with Crippen LogP contribution in [-0.4, -0.2) is 57.3 Å². The minimum atomic E-state index is -1.29. The van der Waals surface area contributed by atoms with Gasteiger partial charge in [0.1, 0.15) is 12.2 Å². The van der Waals surface area contributed by atoms with Crippen LogP contribution in [0, 0.1) is 0 Å². The molecule has 356 valence electrons. The second-order valence-corrected chi connectivity index (χ2v) is 18.6. The fourth-order valence-corrected chi connectivity index (χ4v) is 8.42. The summed E-state index contributed by atoms with van der Waals surface area (Å²) in [5, 5.41) is 43.9. The van der Waals surface area contributed by atoms with E-state index >= 15 is 0 Å². The van der Waals surface area contributed by atoms with Gasteiger partial charge in [0.25, 0.3) is 0 Å². The van der Waals surface area contributed by atoms with Crippen LogP contribution in [0.1, 0.15) is 284 Å². The van der Waals surface area contributed by atoms with Gasteiger partial charge in [-0.25, -0.2) is 0 Å². The monoisotopic (exact) mass is 848 g/mol. The molecule has 0 aromatic heterocycles. The van der Waals surface area contributed by atoms with E-state index < -0.39 is 36.9 Å². The average Bonchev–Trinajstić information content (AvgIpc) is 3.25. The van der Waals surface area contributed by atoms with Gasteiger partial charge in [-0.2, -0.15) is 0 Å². The van der Waals surface area contributed by atoms with Gasteiger partial charge in [-0.05, 0) is 51.4 Å². The van der Waals surface area contributed by atoms with E-state index in [1.165, 1.54) is 212 Å². The summed E-state index contributed by atoms with van der Waals surface area (Å²) in [4.78, 5) is 12.6. The van der Waals surface area contributed by atoms with E-state index in [0.29, 0.717) is 19.3 Å². The lowest BCUT2D eigenvalue weighted by atomic mass is 10.00. The third-order valence-electron chi connectivity index (χ3n) is 12.6.